The van der Waals surface area contributed by atoms with Gasteiger partial charge in [0.2, 0.25) is 16.8 Å². The van der Waals surface area contributed by atoms with Gasteiger partial charge in [0.1, 0.15) is 6.04 Å². The lowest BCUT2D eigenvalue weighted by molar-refractivity contribution is -0.133. The predicted octanol–water partition coefficient (Wildman–Crippen LogP) is 0.626. The summed E-state index contributed by atoms with van der Waals surface area (Å²) in [6, 6.07) is 1.37. The first kappa shape index (κ1) is 19.4. The molecule has 0 aromatic carbocycles. The quantitative estimate of drug-likeness (QED) is 0.663. The van der Waals surface area contributed by atoms with Gasteiger partial charge < -0.3 is 19.2 Å². The number of carbonyl (C=O) groups is 2. The van der Waals surface area contributed by atoms with E-state index >= 15 is 0 Å². The SMILES string of the molecule is COCCCN(C)C(=O)C1CCCN1S(=O)(=O)c1ccc(C(=O)O)o1. The normalized spacial score (nSPS) is 18.4. The fourth-order valence-electron chi connectivity index (χ4n) is 2.77. The number of likely N-dealkylation sites (N-methyl/N-ethyl adjacent to an activating group) is 1. The summed E-state index contributed by atoms with van der Waals surface area (Å²) in [7, 11) is -0.880. The molecule has 1 fully saturated rings. The molecule has 0 aliphatic carbocycles. The number of hydrogen-bond donors (Lipinski definition) is 1. The fourth-order valence-corrected chi connectivity index (χ4v) is 4.34. The number of nitrogens with zero attached hydrogens (tertiary/aromatic N) is 2. The third kappa shape index (κ3) is 4.20. The molecule has 2 rings (SSSR count). The van der Waals surface area contributed by atoms with Crippen molar-refractivity contribution in [1.29, 1.82) is 0 Å². The van der Waals surface area contributed by atoms with Crippen LogP contribution in [0.15, 0.2) is 21.6 Å². The number of rotatable bonds is 8. The molecule has 1 aliphatic heterocycles. The van der Waals surface area contributed by atoms with Crippen LogP contribution in [0.4, 0.5) is 0 Å². The summed E-state index contributed by atoms with van der Waals surface area (Å²) in [5.41, 5.74) is 0. The molecule has 10 heteroatoms. The Morgan fingerprint density at radius 1 is 1.44 bits per heavy atom. The maximum Gasteiger partial charge on any atom is 0.371 e. The van der Waals surface area contributed by atoms with Crippen molar-refractivity contribution < 1.29 is 32.3 Å². The second-order valence-corrected chi connectivity index (χ2v) is 7.63. The van der Waals surface area contributed by atoms with Gasteiger partial charge in [0.05, 0.1) is 0 Å². The highest BCUT2D eigenvalue weighted by Crippen LogP contribution is 2.28. The van der Waals surface area contributed by atoms with E-state index < -0.39 is 32.9 Å². The number of sulfonamides is 1. The van der Waals surface area contributed by atoms with E-state index in [1.54, 1.807) is 14.2 Å². The van der Waals surface area contributed by atoms with E-state index in [0.29, 0.717) is 32.4 Å². The largest absolute Gasteiger partial charge is 0.475 e. The van der Waals surface area contributed by atoms with E-state index in [2.05, 4.69) is 0 Å². The Morgan fingerprint density at radius 2 is 2.16 bits per heavy atom. The van der Waals surface area contributed by atoms with Crippen LogP contribution in [0.1, 0.15) is 29.8 Å². The molecule has 1 amide bonds. The Hall–Kier alpha value is -1.91. The lowest BCUT2D eigenvalue weighted by Crippen LogP contribution is -2.46. The number of carbonyl (C=O) groups excluding carboxylic acids is 1. The highest BCUT2D eigenvalue weighted by molar-refractivity contribution is 7.89. The molecule has 9 nitrogen and oxygen atoms in total. The summed E-state index contributed by atoms with van der Waals surface area (Å²) >= 11 is 0. The van der Waals surface area contributed by atoms with E-state index in [9.17, 15) is 18.0 Å². The minimum Gasteiger partial charge on any atom is -0.475 e. The maximum absolute atomic E-state index is 12.7. The summed E-state index contributed by atoms with van der Waals surface area (Å²) in [4.78, 5) is 25.0. The monoisotopic (exact) mass is 374 g/mol. The molecule has 1 aliphatic rings. The van der Waals surface area contributed by atoms with Crippen LogP contribution in [-0.2, 0) is 19.6 Å². The van der Waals surface area contributed by atoms with E-state index in [1.165, 1.54) is 4.90 Å². The predicted molar refractivity (Wildman–Crippen MR) is 86.7 cm³/mol. The van der Waals surface area contributed by atoms with Gasteiger partial charge in [-0.15, -0.1) is 0 Å². The van der Waals surface area contributed by atoms with Crippen LogP contribution in [-0.4, -0.2) is 74.5 Å². The zero-order chi connectivity index (χ0) is 18.6. The minimum absolute atomic E-state index is 0.188. The first-order valence-electron chi connectivity index (χ1n) is 7.88. The van der Waals surface area contributed by atoms with Crippen LogP contribution in [0, 0.1) is 0 Å². The Kier molecular flexibility index (Phi) is 6.20. The molecule has 1 N–H and O–H groups in total. The number of carboxylic acids is 1. The third-order valence-corrected chi connectivity index (χ3v) is 5.84. The van der Waals surface area contributed by atoms with Crippen LogP contribution in [0.5, 0.6) is 0 Å². The van der Waals surface area contributed by atoms with Gasteiger partial charge in [-0.25, -0.2) is 13.2 Å². The van der Waals surface area contributed by atoms with Gasteiger partial charge in [0, 0.05) is 33.9 Å². The number of carboxylic acid groups (broad SMARTS) is 1. The van der Waals surface area contributed by atoms with Crippen molar-refractivity contribution in [2.45, 2.75) is 30.4 Å². The van der Waals surface area contributed by atoms with Gasteiger partial charge in [-0.05, 0) is 31.4 Å². The molecule has 0 bridgehead atoms. The number of ether oxygens (including phenoxy) is 1. The van der Waals surface area contributed by atoms with Gasteiger partial charge in [-0.2, -0.15) is 4.31 Å². The molecule has 1 saturated heterocycles. The van der Waals surface area contributed by atoms with Crippen molar-refractivity contribution in [3.63, 3.8) is 0 Å². The van der Waals surface area contributed by atoms with Gasteiger partial charge >= 0.3 is 5.97 Å². The smallest absolute Gasteiger partial charge is 0.371 e. The van der Waals surface area contributed by atoms with E-state index in [4.69, 9.17) is 14.3 Å². The van der Waals surface area contributed by atoms with E-state index in [1.807, 2.05) is 0 Å². The van der Waals surface area contributed by atoms with Crippen LogP contribution in [0.2, 0.25) is 0 Å². The number of hydrogen-bond acceptors (Lipinski definition) is 6. The van der Waals surface area contributed by atoms with Crippen molar-refractivity contribution >= 4 is 21.9 Å². The highest BCUT2D eigenvalue weighted by atomic mass is 32.2. The summed E-state index contributed by atoms with van der Waals surface area (Å²) in [5.74, 6) is -2.10. The third-order valence-electron chi connectivity index (χ3n) is 4.06. The van der Waals surface area contributed by atoms with Gasteiger partial charge in [-0.1, -0.05) is 0 Å². The van der Waals surface area contributed by atoms with Crippen LogP contribution in [0.25, 0.3) is 0 Å². The highest BCUT2D eigenvalue weighted by Gasteiger charge is 2.42. The lowest BCUT2D eigenvalue weighted by Gasteiger charge is -2.26. The molecule has 2 heterocycles. The molecule has 0 spiro atoms. The average Bonchev–Trinajstić information content (AvgIpc) is 3.23. The second kappa shape index (κ2) is 7.98. The molecule has 0 radical (unpaired) electrons. The molecule has 1 atom stereocenters. The van der Waals surface area contributed by atoms with Crippen molar-refractivity contribution in [2.75, 3.05) is 33.9 Å². The van der Waals surface area contributed by atoms with Crippen LogP contribution < -0.4 is 0 Å². The molecule has 1 aromatic heterocycles. The Morgan fingerprint density at radius 3 is 2.76 bits per heavy atom. The van der Waals surface area contributed by atoms with Crippen molar-refractivity contribution in [2.24, 2.45) is 0 Å². The zero-order valence-corrected chi connectivity index (χ0v) is 15.0. The zero-order valence-electron chi connectivity index (χ0n) is 14.2. The van der Waals surface area contributed by atoms with Crippen molar-refractivity contribution in [3.8, 4) is 0 Å². The van der Waals surface area contributed by atoms with Crippen molar-refractivity contribution in [3.05, 3.63) is 17.9 Å². The lowest BCUT2D eigenvalue weighted by atomic mass is 10.2. The van der Waals surface area contributed by atoms with Crippen molar-refractivity contribution in [1.82, 2.24) is 9.21 Å². The van der Waals surface area contributed by atoms with Crippen LogP contribution in [0.3, 0.4) is 0 Å². The first-order valence-corrected chi connectivity index (χ1v) is 9.32. The molecule has 1 unspecified atom stereocenters. The molecule has 140 valence electrons. The Balaban J connectivity index is 2.16. The standard InChI is InChI=1S/C15H22N2O7S/c1-16(8-4-10-23-2)14(18)11-5-3-9-17(11)25(21,22)13-7-6-12(24-13)15(19)20/h6-7,11H,3-5,8-10H2,1-2H3,(H,19,20). The summed E-state index contributed by atoms with van der Waals surface area (Å²) in [6.07, 6.45) is 1.62. The van der Waals surface area contributed by atoms with Crippen LogP contribution >= 0.6 is 0 Å². The first-order chi connectivity index (χ1) is 11.8. The molecule has 25 heavy (non-hydrogen) atoms. The second-order valence-electron chi connectivity index (χ2n) is 5.80. The number of aromatic carboxylic acids is 1. The van der Waals surface area contributed by atoms with E-state index in [0.717, 1.165) is 16.4 Å². The number of amides is 1. The van der Waals surface area contributed by atoms with Gasteiger partial charge in [0.15, 0.2) is 0 Å². The average molecular weight is 374 g/mol. The Bertz CT molecular complexity index is 728. The summed E-state index contributed by atoms with van der Waals surface area (Å²) in [6.45, 7) is 1.16. The van der Waals surface area contributed by atoms with Gasteiger partial charge in [-0.3, -0.25) is 4.79 Å². The summed E-state index contributed by atoms with van der Waals surface area (Å²) < 4.78 is 36.4. The molecular weight excluding hydrogens is 352 g/mol. The molecule has 1 aromatic rings. The Labute approximate surface area is 146 Å². The molecular formula is C15H22N2O7S. The van der Waals surface area contributed by atoms with E-state index in [-0.39, 0.29) is 12.5 Å². The molecule has 0 saturated carbocycles. The fraction of sp³-hybridized carbons (Fsp3) is 0.600. The topological polar surface area (TPSA) is 117 Å². The number of furan rings is 1. The van der Waals surface area contributed by atoms with Gasteiger partial charge in [0.25, 0.3) is 10.0 Å². The minimum atomic E-state index is -4.07. The maximum atomic E-state index is 12.7. The summed E-state index contributed by atoms with van der Waals surface area (Å²) in [5, 5.41) is 8.41. The number of methoxy groups -OCH3 is 1.